The highest BCUT2D eigenvalue weighted by Crippen LogP contribution is 2.31. The Kier molecular flexibility index (Phi) is 9.41. The quantitative estimate of drug-likeness (QED) is 0.151. The lowest BCUT2D eigenvalue weighted by Crippen LogP contribution is -2.31. The molecule has 6 aromatic rings. The first-order valence-corrected chi connectivity index (χ1v) is 17.6. The number of nitrogens with one attached hydrogen (secondary N) is 1. The van der Waals surface area contributed by atoms with Gasteiger partial charge in [0.15, 0.2) is 5.65 Å². The number of hydrogen-bond donors (Lipinski definition) is 1. The summed E-state index contributed by atoms with van der Waals surface area (Å²) in [6, 6.07) is 30.8. The maximum absolute atomic E-state index is 13.9. The van der Waals surface area contributed by atoms with Crippen molar-refractivity contribution in [3.05, 3.63) is 137 Å². The number of rotatable bonds is 11. The summed E-state index contributed by atoms with van der Waals surface area (Å²) in [5, 5.41) is 0. The zero-order chi connectivity index (χ0) is 33.8. The second-order valence-corrected chi connectivity index (χ2v) is 13.5. The van der Waals surface area contributed by atoms with E-state index in [4.69, 9.17) is 14.7 Å². The van der Waals surface area contributed by atoms with Gasteiger partial charge in [-0.25, -0.2) is 23.1 Å². The maximum atomic E-state index is 13.9. The van der Waals surface area contributed by atoms with Crippen LogP contribution in [0.1, 0.15) is 58.8 Å². The van der Waals surface area contributed by atoms with Gasteiger partial charge in [-0.1, -0.05) is 80.9 Å². The van der Waals surface area contributed by atoms with Crippen LogP contribution in [0.15, 0.2) is 108 Å². The number of para-hydroxylation sites is 2. The molecule has 8 nitrogen and oxygen atoms in total. The van der Waals surface area contributed by atoms with Crippen molar-refractivity contribution in [1.82, 2.24) is 19.3 Å². The van der Waals surface area contributed by atoms with Gasteiger partial charge in [0.05, 0.1) is 17.0 Å². The van der Waals surface area contributed by atoms with Gasteiger partial charge in [-0.15, -0.1) is 0 Å². The van der Waals surface area contributed by atoms with Crippen molar-refractivity contribution in [2.45, 2.75) is 58.4 Å². The van der Waals surface area contributed by atoms with Crippen molar-refractivity contribution in [1.29, 1.82) is 0 Å². The minimum atomic E-state index is -4.28. The van der Waals surface area contributed by atoms with Crippen LogP contribution in [-0.4, -0.2) is 28.9 Å². The van der Waals surface area contributed by atoms with E-state index < -0.39 is 15.9 Å². The van der Waals surface area contributed by atoms with Crippen LogP contribution in [0.25, 0.3) is 22.3 Å². The highest BCUT2D eigenvalue weighted by Gasteiger charge is 2.25. The normalized spacial score (nSPS) is 11.5. The van der Waals surface area contributed by atoms with Gasteiger partial charge in [0.1, 0.15) is 22.8 Å². The molecule has 48 heavy (non-hydrogen) atoms. The molecule has 0 radical (unpaired) electrons. The number of aromatic nitrogens is 3. The van der Waals surface area contributed by atoms with Gasteiger partial charge in [-0.2, -0.15) is 0 Å². The molecule has 0 aliphatic heterocycles. The highest BCUT2D eigenvalue weighted by atomic mass is 32.2. The summed E-state index contributed by atoms with van der Waals surface area (Å²) in [6.07, 6.45) is 2.47. The van der Waals surface area contributed by atoms with E-state index in [0.29, 0.717) is 17.9 Å². The number of nitrogens with zero attached hydrogens (tertiary/aromatic N) is 3. The van der Waals surface area contributed by atoms with Crippen LogP contribution in [0.3, 0.4) is 0 Å². The fourth-order valence-electron chi connectivity index (χ4n) is 5.93. The molecule has 4 aromatic carbocycles. The Morgan fingerprint density at radius 2 is 1.54 bits per heavy atom. The summed E-state index contributed by atoms with van der Waals surface area (Å²) in [7, 11) is -4.28. The summed E-state index contributed by atoms with van der Waals surface area (Å²) in [6.45, 7) is 8.79. The lowest BCUT2D eigenvalue weighted by atomic mass is 10.00. The average Bonchev–Trinajstić information content (AvgIpc) is 3.43. The Morgan fingerprint density at radius 3 is 2.27 bits per heavy atom. The van der Waals surface area contributed by atoms with E-state index in [1.54, 1.807) is 48.5 Å². The van der Waals surface area contributed by atoms with Gasteiger partial charge in [-0.3, -0.25) is 4.79 Å². The van der Waals surface area contributed by atoms with Crippen LogP contribution >= 0.6 is 0 Å². The van der Waals surface area contributed by atoms with Gasteiger partial charge in [0.25, 0.3) is 15.9 Å². The first-order chi connectivity index (χ1) is 23.2. The van der Waals surface area contributed by atoms with Gasteiger partial charge in [0.2, 0.25) is 0 Å². The minimum absolute atomic E-state index is 0.0222. The van der Waals surface area contributed by atoms with Crippen molar-refractivity contribution >= 4 is 27.1 Å². The first kappa shape index (κ1) is 32.7. The number of ether oxygens (including phenoxy) is 1. The lowest BCUT2D eigenvalue weighted by molar-refractivity contribution is 0.0979. The zero-order valence-corrected chi connectivity index (χ0v) is 28.3. The number of amides is 1. The highest BCUT2D eigenvalue weighted by molar-refractivity contribution is 7.90. The fourth-order valence-corrected chi connectivity index (χ4v) is 7.11. The molecule has 2 heterocycles. The molecule has 0 aliphatic rings. The summed E-state index contributed by atoms with van der Waals surface area (Å²) in [5.74, 6) is 0.968. The molecular weight excluding hydrogens is 621 g/mol. The van der Waals surface area contributed by atoms with Crippen molar-refractivity contribution in [3.8, 4) is 22.6 Å². The number of fused-ring (bicyclic) bond motifs is 1. The molecular formula is C39H38N4O4S. The van der Waals surface area contributed by atoms with Crippen LogP contribution in [-0.2, 0) is 29.4 Å². The number of benzene rings is 4. The van der Waals surface area contributed by atoms with E-state index in [1.807, 2.05) is 61.5 Å². The van der Waals surface area contributed by atoms with E-state index in [2.05, 4.69) is 30.1 Å². The number of imidazole rings is 1. The second-order valence-electron chi connectivity index (χ2n) is 11.8. The number of carbonyl (C=O) groups excluding carboxylic acids is 1. The summed E-state index contributed by atoms with van der Waals surface area (Å²) >= 11 is 0. The second kappa shape index (κ2) is 13.8. The molecule has 1 N–H and O–H groups in total. The van der Waals surface area contributed by atoms with Crippen molar-refractivity contribution in [3.63, 3.8) is 0 Å². The third kappa shape index (κ3) is 6.87. The number of carbonyl (C=O) groups is 1. The van der Waals surface area contributed by atoms with E-state index >= 15 is 0 Å². The smallest absolute Gasteiger partial charge is 0.268 e. The number of pyridine rings is 1. The summed E-state index contributed by atoms with van der Waals surface area (Å²) in [4.78, 5) is 23.1. The topological polar surface area (TPSA) is 103 Å². The van der Waals surface area contributed by atoms with Gasteiger partial charge in [0, 0.05) is 17.7 Å². The molecule has 0 saturated heterocycles. The lowest BCUT2D eigenvalue weighted by Gasteiger charge is -2.15. The van der Waals surface area contributed by atoms with Crippen molar-refractivity contribution < 1.29 is 17.9 Å². The Bertz CT molecular complexity index is 2210. The zero-order valence-electron chi connectivity index (χ0n) is 27.5. The van der Waals surface area contributed by atoms with E-state index in [-0.39, 0.29) is 16.2 Å². The third-order valence-electron chi connectivity index (χ3n) is 8.22. The predicted octanol–water partition coefficient (Wildman–Crippen LogP) is 8.19. The first-order valence-electron chi connectivity index (χ1n) is 16.1. The Balaban J connectivity index is 1.31. The molecule has 1 amide bonds. The van der Waals surface area contributed by atoms with Crippen molar-refractivity contribution in [2.75, 3.05) is 0 Å². The van der Waals surface area contributed by atoms with Crippen LogP contribution in [0.4, 0.5) is 0 Å². The minimum Gasteiger partial charge on any atom is -0.457 e. The van der Waals surface area contributed by atoms with E-state index in [1.165, 1.54) is 0 Å². The van der Waals surface area contributed by atoms with Crippen LogP contribution < -0.4 is 9.46 Å². The largest absolute Gasteiger partial charge is 0.457 e. The standard InChI is InChI=1S/C39H38N4O4S/c1-5-12-28-19-22-35(48(45,46)42-39(44)32-15-10-11-16-34(32)47-31-13-8-7-9-14-31)33(24-28)30-20-17-29(18-21-30)25-43-36(6-2)41-37-26(3)23-27(4)40-38(37)43/h7-11,13-24H,5-6,12,25H2,1-4H3,(H,42,44). The third-order valence-corrected chi connectivity index (χ3v) is 9.61. The molecule has 0 aliphatic carbocycles. The van der Waals surface area contributed by atoms with Crippen molar-refractivity contribution in [2.24, 2.45) is 0 Å². The van der Waals surface area contributed by atoms with Crippen LogP contribution in [0.5, 0.6) is 11.5 Å². The van der Waals surface area contributed by atoms with E-state index in [0.717, 1.165) is 64.2 Å². The van der Waals surface area contributed by atoms with E-state index in [9.17, 15) is 13.2 Å². The molecule has 9 heteroatoms. The molecule has 0 saturated carbocycles. The predicted molar refractivity (Wildman–Crippen MR) is 189 cm³/mol. The molecule has 0 spiro atoms. The van der Waals surface area contributed by atoms with Crippen LogP contribution in [0.2, 0.25) is 0 Å². The Hall–Kier alpha value is -5.28. The number of sulfonamides is 1. The molecule has 0 bridgehead atoms. The monoisotopic (exact) mass is 658 g/mol. The molecule has 0 fully saturated rings. The summed E-state index contributed by atoms with van der Waals surface area (Å²) in [5.41, 5.74) is 7.22. The number of aryl methyl sites for hydroxylation is 4. The SMILES string of the molecule is CCCc1ccc(S(=O)(=O)NC(=O)c2ccccc2Oc2ccccc2)c(-c2ccc(Cn3c(CC)nc4c(C)cc(C)nc43)cc2)c1. The fraction of sp³-hybridized carbons (Fsp3) is 0.205. The maximum Gasteiger partial charge on any atom is 0.268 e. The molecule has 0 atom stereocenters. The van der Waals surface area contributed by atoms with Gasteiger partial charge >= 0.3 is 0 Å². The molecule has 6 rings (SSSR count). The number of hydrogen-bond acceptors (Lipinski definition) is 6. The Labute approximate surface area is 281 Å². The average molecular weight is 659 g/mol. The van der Waals surface area contributed by atoms with Gasteiger partial charge in [-0.05, 0) is 85.0 Å². The molecule has 2 aromatic heterocycles. The van der Waals surface area contributed by atoms with Gasteiger partial charge < -0.3 is 9.30 Å². The summed E-state index contributed by atoms with van der Waals surface area (Å²) < 4.78 is 38.1. The molecule has 0 unspecified atom stereocenters. The Morgan fingerprint density at radius 1 is 0.833 bits per heavy atom. The van der Waals surface area contributed by atoms with Crippen LogP contribution in [0, 0.1) is 13.8 Å². The molecule has 244 valence electrons.